The van der Waals surface area contributed by atoms with Gasteiger partial charge in [0.2, 0.25) is 0 Å². The van der Waals surface area contributed by atoms with Crippen LogP contribution in [0.2, 0.25) is 0 Å². The fourth-order valence-corrected chi connectivity index (χ4v) is 2.74. The number of methoxy groups -OCH3 is 2. The second kappa shape index (κ2) is 7.69. The second-order valence-electron chi connectivity index (χ2n) is 5.59. The van der Waals surface area contributed by atoms with Crippen molar-refractivity contribution in [3.8, 4) is 5.75 Å². The number of hydrogen-bond donors (Lipinski definition) is 2. The minimum absolute atomic E-state index is 0.00881. The van der Waals surface area contributed by atoms with Gasteiger partial charge in [0.05, 0.1) is 24.7 Å². The molecule has 136 valence electrons. The van der Waals surface area contributed by atoms with Gasteiger partial charge in [-0.25, -0.2) is 9.59 Å². The number of likely N-dealkylation sites (tertiary alicyclic amines) is 1. The molecular formula is C15H19N3O7. The maximum absolute atomic E-state index is 11.7. The lowest BCUT2D eigenvalue weighted by Gasteiger charge is -2.16. The molecule has 10 heteroatoms. The van der Waals surface area contributed by atoms with E-state index in [2.05, 4.69) is 10.1 Å². The van der Waals surface area contributed by atoms with E-state index in [0.717, 1.165) is 6.07 Å². The van der Waals surface area contributed by atoms with Crippen molar-refractivity contribution in [3.63, 3.8) is 0 Å². The molecule has 1 amide bonds. The van der Waals surface area contributed by atoms with Gasteiger partial charge in [0.15, 0.2) is 5.69 Å². The molecule has 25 heavy (non-hydrogen) atoms. The summed E-state index contributed by atoms with van der Waals surface area (Å²) in [4.78, 5) is 34.7. The Morgan fingerprint density at radius 3 is 2.68 bits per heavy atom. The van der Waals surface area contributed by atoms with Crippen molar-refractivity contribution < 1.29 is 29.1 Å². The quantitative estimate of drug-likeness (QED) is 0.449. The molecule has 1 atom stereocenters. The van der Waals surface area contributed by atoms with Gasteiger partial charge in [-0.2, -0.15) is 0 Å². The smallest absolute Gasteiger partial charge is 0.407 e. The molecular weight excluding hydrogens is 334 g/mol. The first-order chi connectivity index (χ1) is 11.9. The molecule has 2 N–H and O–H groups in total. The Balaban J connectivity index is 2.22. The maximum Gasteiger partial charge on any atom is 0.407 e. The Hall–Kier alpha value is -3.04. The van der Waals surface area contributed by atoms with Crippen LogP contribution in [0.3, 0.4) is 0 Å². The highest BCUT2D eigenvalue weighted by atomic mass is 16.6. The number of carboxylic acid groups (broad SMARTS) is 1. The Morgan fingerprint density at radius 2 is 2.16 bits per heavy atom. The second-order valence-corrected chi connectivity index (χ2v) is 5.59. The van der Waals surface area contributed by atoms with Gasteiger partial charge in [-0.1, -0.05) is 0 Å². The zero-order valence-electron chi connectivity index (χ0n) is 13.9. The van der Waals surface area contributed by atoms with E-state index >= 15 is 0 Å². The van der Waals surface area contributed by atoms with Gasteiger partial charge >= 0.3 is 12.1 Å². The van der Waals surface area contributed by atoms with E-state index in [1.165, 1.54) is 25.2 Å². The number of nitro benzene ring substituents is 1. The molecule has 0 aliphatic carbocycles. The molecule has 0 bridgehead atoms. The number of ether oxygens (including phenoxy) is 2. The molecule has 10 nitrogen and oxygen atoms in total. The number of carbonyl (C=O) groups is 2. The minimum Gasteiger partial charge on any atom is -0.494 e. The largest absolute Gasteiger partial charge is 0.494 e. The number of nitrogens with zero attached hydrogens (tertiary/aromatic N) is 2. The number of nitro groups is 1. The van der Waals surface area contributed by atoms with Crippen LogP contribution in [0.1, 0.15) is 16.8 Å². The fourth-order valence-electron chi connectivity index (χ4n) is 2.74. The lowest BCUT2D eigenvalue weighted by Crippen LogP contribution is -2.28. The zero-order valence-corrected chi connectivity index (χ0v) is 13.9. The molecule has 0 radical (unpaired) electrons. The highest BCUT2D eigenvalue weighted by Gasteiger charge is 2.28. The van der Waals surface area contributed by atoms with Crippen molar-refractivity contribution in [1.29, 1.82) is 0 Å². The normalized spacial score (nSPS) is 16.4. The molecule has 2 rings (SSSR count). The third-order valence-corrected chi connectivity index (χ3v) is 4.04. The fraction of sp³-hybridized carbons (Fsp3) is 0.467. The summed E-state index contributed by atoms with van der Waals surface area (Å²) in [7, 11) is 2.52. The summed E-state index contributed by atoms with van der Waals surface area (Å²) in [5.74, 6) is -0.538. The first kappa shape index (κ1) is 18.3. The molecule has 1 heterocycles. The molecule has 1 aromatic carbocycles. The third kappa shape index (κ3) is 4.08. The van der Waals surface area contributed by atoms with E-state index in [9.17, 15) is 19.7 Å². The molecule has 1 aliphatic rings. The average molecular weight is 353 g/mol. The van der Waals surface area contributed by atoms with Crippen LogP contribution in [0.5, 0.6) is 5.75 Å². The van der Waals surface area contributed by atoms with Gasteiger partial charge in [-0.15, -0.1) is 0 Å². The van der Waals surface area contributed by atoms with Crippen molar-refractivity contribution in [2.75, 3.05) is 39.2 Å². The highest BCUT2D eigenvalue weighted by molar-refractivity contribution is 5.92. The van der Waals surface area contributed by atoms with Crippen LogP contribution in [-0.4, -0.2) is 60.8 Å². The molecule has 1 saturated heterocycles. The van der Waals surface area contributed by atoms with E-state index in [4.69, 9.17) is 9.84 Å². The molecule has 0 spiro atoms. The van der Waals surface area contributed by atoms with Gasteiger partial charge in [-0.05, 0) is 18.4 Å². The average Bonchev–Trinajstić information content (AvgIpc) is 3.07. The van der Waals surface area contributed by atoms with E-state index in [1.54, 1.807) is 0 Å². The predicted octanol–water partition coefficient (Wildman–Crippen LogP) is 1.80. The van der Waals surface area contributed by atoms with Gasteiger partial charge in [0, 0.05) is 25.7 Å². The van der Waals surface area contributed by atoms with Crippen molar-refractivity contribution in [1.82, 2.24) is 4.90 Å². The predicted molar refractivity (Wildman–Crippen MR) is 87.2 cm³/mol. The number of nitrogens with one attached hydrogen (secondary N) is 1. The number of amides is 1. The van der Waals surface area contributed by atoms with Crippen LogP contribution in [0.25, 0.3) is 0 Å². The van der Waals surface area contributed by atoms with Gasteiger partial charge < -0.3 is 24.8 Å². The number of hydrogen-bond acceptors (Lipinski definition) is 7. The van der Waals surface area contributed by atoms with E-state index in [-0.39, 0.29) is 28.6 Å². The van der Waals surface area contributed by atoms with Crippen molar-refractivity contribution >= 4 is 23.4 Å². The van der Waals surface area contributed by atoms with E-state index in [1.807, 2.05) is 0 Å². The summed E-state index contributed by atoms with van der Waals surface area (Å²) in [6.45, 7) is 1.14. The standard InChI is InChI=1S/C15H19N3O7/c1-24-12-6-10(14(19)25-2)5-11(18(22)23)13(12)16-7-9-3-4-17(8-9)15(20)21/h5-6,9,16H,3-4,7-8H2,1-2H3,(H,20,21)/t9-/m1/s1. The number of carbonyl (C=O) groups excluding carboxylic acids is 1. The topological polar surface area (TPSA) is 131 Å². The molecule has 1 aromatic rings. The van der Waals surface area contributed by atoms with Crippen LogP contribution in [0, 0.1) is 16.0 Å². The molecule has 1 aliphatic heterocycles. The molecule has 1 fully saturated rings. The third-order valence-electron chi connectivity index (χ3n) is 4.04. The highest BCUT2D eigenvalue weighted by Crippen LogP contribution is 2.36. The van der Waals surface area contributed by atoms with Gasteiger partial charge in [0.1, 0.15) is 5.75 Å². The monoisotopic (exact) mass is 353 g/mol. The van der Waals surface area contributed by atoms with Crippen molar-refractivity contribution in [3.05, 3.63) is 27.8 Å². The minimum atomic E-state index is -0.978. The Kier molecular flexibility index (Phi) is 5.63. The SMILES string of the molecule is COC(=O)c1cc(OC)c(NC[C@H]2CCN(C(=O)O)C2)c([N+](=O)[O-])c1. The first-order valence-electron chi connectivity index (χ1n) is 7.53. The maximum atomic E-state index is 11.7. The van der Waals surface area contributed by atoms with E-state index in [0.29, 0.717) is 26.1 Å². The van der Waals surface area contributed by atoms with E-state index < -0.39 is 17.0 Å². The number of anilines is 1. The Bertz CT molecular complexity index is 692. The summed E-state index contributed by atoms with van der Waals surface area (Å²) in [5.41, 5.74) is -0.156. The van der Waals surface area contributed by atoms with Crippen molar-refractivity contribution in [2.24, 2.45) is 5.92 Å². The summed E-state index contributed by atoms with van der Waals surface area (Å²) in [6.07, 6.45) is -0.316. The summed E-state index contributed by atoms with van der Waals surface area (Å²) in [6, 6.07) is 2.48. The summed E-state index contributed by atoms with van der Waals surface area (Å²) in [5, 5.41) is 23.3. The summed E-state index contributed by atoms with van der Waals surface area (Å²) < 4.78 is 9.75. The van der Waals surface area contributed by atoms with Crippen LogP contribution in [0.4, 0.5) is 16.2 Å². The zero-order chi connectivity index (χ0) is 18.6. The Labute approximate surface area is 143 Å². The lowest BCUT2D eigenvalue weighted by molar-refractivity contribution is -0.384. The number of benzene rings is 1. The molecule has 0 aromatic heterocycles. The first-order valence-corrected chi connectivity index (χ1v) is 7.53. The summed E-state index contributed by atoms with van der Waals surface area (Å²) >= 11 is 0. The number of rotatable bonds is 6. The van der Waals surface area contributed by atoms with Crippen molar-refractivity contribution in [2.45, 2.75) is 6.42 Å². The van der Waals surface area contributed by atoms with Crippen LogP contribution >= 0.6 is 0 Å². The van der Waals surface area contributed by atoms with Gasteiger partial charge in [0.25, 0.3) is 5.69 Å². The Morgan fingerprint density at radius 1 is 1.44 bits per heavy atom. The van der Waals surface area contributed by atoms with Crippen LogP contribution < -0.4 is 10.1 Å². The van der Waals surface area contributed by atoms with Gasteiger partial charge in [-0.3, -0.25) is 10.1 Å². The lowest BCUT2D eigenvalue weighted by atomic mass is 10.1. The molecule has 0 saturated carbocycles. The number of esters is 1. The van der Waals surface area contributed by atoms with Crippen LogP contribution in [-0.2, 0) is 4.74 Å². The van der Waals surface area contributed by atoms with Crippen LogP contribution in [0.15, 0.2) is 12.1 Å². The molecule has 0 unspecified atom stereocenters.